The van der Waals surface area contributed by atoms with Gasteiger partial charge in [-0.05, 0) is 48.8 Å². The molecule has 3 rings (SSSR count). The number of carbonyl (C=O) groups excluding carboxylic acids is 1. The van der Waals surface area contributed by atoms with Gasteiger partial charge in [0.25, 0.3) is 0 Å². The van der Waals surface area contributed by atoms with Crippen LogP contribution >= 0.6 is 23.2 Å². The minimum Gasteiger partial charge on any atom is -0.355 e. The van der Waals surface area contributed by atoms with E-state index in [0.29, 0.717) is 28.1 Å². The van der Waals surface area contributed by atoms with Crippen molar-refractivity contribution in [3.63, 3.8) is 0 Å². The number of H-pyrrole nitrogens is 1. The van der Waals surface area contributed by atoms with E-state index in [1.54, 1.807) is 6.07 Å². The van der Waals surface area contributed by atoms with Crippen molar-refractivity contribution in [3.05, 3.63) is 50.0 Å². The molecule has 0 radical (unpaired) electrons. The zero-order valence-corrected chi connectivity index (χ0v) is 17.7. The van der Waals surface area contributed by atoms with Crippen molar-refractivity contribution in [2.45, 2.75) is 39.3 Å². The number of carbonyl (C=O) groups is 1. The Morgan fingerprint density at radius 1 is 1.29 bits per heavy atom. The van der Waals surface area contributed by atoms with E-state index in [1.165, 1.54) is 4.57 Å². The van der Waals surface area contributed by atoms with Crippen LogP contribution in [0.3, 0.4) is 0 Å². The van der Waals surface area contributed by atoms with Gasteiger partial charge in [0, 0.05) is 29.7 Å². The van der Waals surface area contributed by atoms with Crippen molar-refractivity contribution in [2.75, 3.05) is 18.5 Å². The molecule has 28 heavy (non-hydrogen) atoms. The third kappa shape index (κ3) is 4.45. The normalized spacial score (nSPS) is 14.5. The summed E-state index contributed by atoms with van der Waals surface area (Å²) in [7, 11) is 1.89. The molecule has 1 amide bonds. The van der Waals surface area contributed by atoms with Crippen molar-refractivity contribution in [2.24, 2.45) is 0 Å². The maximum Gasteiger partial charge on any atom is 0.328 e. The third-order valence-corrected chi connectivity index (χ3v) is 5.17. The van der Waals surface area contributed by atoms with E-state index in [1.807, 2.05) is 37.1 Å². The van der Waals surface area contributed by atoms with E-state index in [2.05, 4.69) is 17.2 Å². The Labute approximate surface area is 174 Å². The molecule has 1 aliphatic heterocycles. The van der Waals surface area contributed by atoms with Gasteiger partial charge in [0.15, 0.2) is 0 Å². The lowest BCUT2D eigenvalue weighted by molar-refractivity contribution is -0.122. The first-order valence-corrected chi connectivity index (χ1v) is 10.0. The molecule has 6 nitrogen and oxygen atoms in total. The van der Waals surface area contributed by atoms with Gasteiger partial charge in [-0.3, -0.25) is 9.36 Å². The number of likely N-dealkylation sites (N-methyl/N-ethyl adjacent to an activating group) is 1. The van der Waals surface area contributed by atoms with Crippen molar-refractivity contribution < 1.29 is 4.79 Å². The standard InChI is InChI=1S/C20H24Cl2N4O2/c1-4-5-12(2)23-18(27)11-26-19-17(24-20(26)28)8-14(10-25(19)3)13-6-15(21)9-16(22)7-13/h6-9,12H,4-5,10-11H2,1-3H3,(H,23,27)(H,24,28). The number of fused-ring (bicyclic) bond motifs is 1. The number of amides is 1. The van der Waals surface area contributed by atoms with Crippen molar-refractivity contribution >= 4 is 46.6 Å². The quantitative estimate of drug-likeness (QED) is 0.743. The highest BCUT2D eigenvalue weighted by Crippen LogP contribution is 2.32. The Hall–Kier alpha value is -2.18. The first kappa shape index (κ1) is 20.6. The number of rotatable bonds is 6. The van der Waals surface area contributed by atoms with Crippen LogP contribution in [-0.2, 0) is 11.3 Å². The van der Waals surface area contributed by atoms with E-state index < -0.39 is 0 Å². The lowest BCUT2D eigenvalue weighted by Gasteiger charge is -2.27. The van der Waals surface area contributed by atoms with Gasteiger partial charge in [0.1, 0.15) is 12.4 Å². The number of hydrogen-bond acceptors (Lipinski definition) is 3. The van der Waals surface area contributed by atoms with Crippen LogP contribution in [-0.4, -0.2) is 35.1 Å². The average Bonchev–Trinajstić information content (AvgIpc) is 2.90. The number of aromatic nitrogens is 2. The van der Waals surface area contributed by atoms with Gasteiger partial charge in [-0.15, -0.1) is 0 Å². The van der Waals surface area contributed by atoms with E-state index in [-0.39, 0.29) is 24.2 Å². The molecule has 0 saturated heterocycles. The van der Waals surface area contributed by atoms with Crippen molar-refractivity contribution in [1.29, 1.82) is 0 Å². The van der Waals surface area contributed by atoms with E-state index in [9.17, 15) is 9.59 Å². The molecule has 0 spiro atoms. The van der Waals surface area contributed by atoms with Crippen LogP contribution < -0.4 is 15.9 Å². The molecule has 0 bridgehead atoms. The highest BCUT2D eigenvalue weighted by molar-refractivity contribution is 6.35. The zero-order valence-electron chi connectivity index (χ0n) is 16.2. The number of aromatic amines is 1. The topological polar surface area (TPSA) is 70.1 Å². The second kappa shape index (κ2) is 8.45. The summed E-state index contributed by atoms with van der Waals surface area (Å²) in [6.07, 6.45) is 3.80. The molecule has 1 unspecified atom stereocenters. The maximum atomic E-state index is 12.5. The molecule has 0 aliphatic carbocycles. The molecule has 8 heteroatoms. The Balaban J connectivity index is 1.90. The third-order valence-electron chi connectivity index (χ3n) is 4.74. The maximum absolute atomic E-state index is 12.5. The van der Waals surface area contributed by atoms with Crippen LogP contribution in [0.15, 0.2) is 23.0 Å². The molecule has 2 heterocycles. The van der Waals surface area contributed by atoms with Crippen LogP contribution in [0.5, 0.6) is 0 Å². The summed E-state index contributed by atoms with van der Waals surface area (Å²) in [5.41, 5.74) is 2.24. The molecule has 0 saturated carbocycles. The highest BCUT2D eigenvalue weighted by Gasteiger charge is 2.24. The van der Waals surface area contributed by atoms with Gasteiger partial charge in [-0.25, -0.2) is 4.79 Å². The molecule has 1 aromatic heterocycles. The van der Waals surface area contributed by atoms with Crippen molar-refractivity contribution in [3.8, 4) is 0 Å². The summed E-state index contributed by atoms with van der Waals surface area (Å²) in [5, 5.41) is 4.05. The Morgan fingerprint density at radius 2 is 1.96 bits per heavy atom. The number of nitrogens with zero attached hydrogens (tertiary/aromatic N) is 2. The Bertz CT molecular complexity index is 957. The summed E-state index contributed by atoms with van der Waals surface area (Å²) in [4.78, 5) is 29.6. The van der Waals surface area contributed by atoms with Gasteiger partial charge in [-0.2, -0.15) is 0 Å². The summed E-state index contributed by atoms with van der Waals surface area (Å²) in [6, 6.07) is 5.45. The highest BCUT2D eigenvalue weighted by atomic mass is 35.5. The van der Waals surface area contributed by atoms with Gasteiger partial charge >= 0.3 is 5.69 Å². The summed E-state index contributed by atoms with van der Waals surface area (Å²) >= 11 is 12.2. The minimum atomic E-state index is -0.309. The van der Waals surface area contributed by atoms with E-state index in [0.717, 1.165) is 24.0 Å². The minimum absolute atomic E-state index is 0.0186. The fraction of sp³-hybridized carbons (Fsp3) is 0.400. The van der Waals surface area contributed by atoms with Gasteiger partial charge in [-0.1, -0.05) is 36.5 Å². The largest absolute Gasteiger partial charge is 0.355 e. The molecule has 1 aromatic carbocycles. The molecule has 150 valence electrons. The SMILES string of the molecule is CCCC(C)NC(=O)Cn1c2c([nH]c1=O)C=C(c1cc(Cl)cc(Cl)c1)CN2C. The number of nitrogens with one attached hydrogen (secondary N) is 2. The average molecular weight is 423 g/mol. The number of anilines is 1. The Morgan fingerprint density at radius 3 is 2.61 bits per heavy atom. The number of hydrogen-bond donors (Lipinski definition) is 2. The van der Waals surface area contributed by atoms with Crippen LogP contribution in [0.1, 0.15) is 37.9 Å². The van der Waals surface area contributed by atoms with Crippen LogP contribution in [0, 0.1) is 0 Å². The van der Waals surface area contributed by atoms with Crippen LogP contribution in [0.25, 0.3) is 11.6 Å². The fourth-order valence-corrected chi connectivity index (χ4v) is 4.10. The van der Waals surface area contributed by atoms with Crippen LogP contribution in [0.2, 0.25) is 10.0 Å². The number of imidazole rings is 1. The number of benzene rings is 1. The molecular weight excluding hydrogens is 399 g/mol. The monoisotopic (exact) mass is 422 g/mol. The fourth-order valence-electron chi connectivity index (χ4n) is 3.57. The zero-order chi connectivity index (χ0) is 20.4. The summed E-state index contributed by atoms with van der Waals surface area (Å²) in [6.45, 7) is 4.58. The Kier molecular flexibility index (Phi) is 6.20. The van der Waals surface area contributed by atoms with E-state index >= 15 is 0 Å². The number of halogens is 2. The van der Waals surface area contributed by atoms with E-state index in [4.69, 9.17) is 23.2 Å². The molecule has 2 aromatic rings. The predicted octanol–water partition coefficient (Wildman–Crippen LogP) is 3.78. The smallest absolute Gasteiger partial charge is 0.328 e. The first-order chi connectivity index (χ1) is 13.3. The summed E-state index contributed by atoms with van der Waals surface area (Å²) in [5.74, 6) is 0.523. The molecule has 0 fully saturated rings. The second-order valence-corrected chi connectivity index (χ2v) is 8.07. The van der Waals surface area contributed by atoms with Crippen molar-refractivity contribution in [1.82, 2.24) is 14.9 Å². The van der Waals surface area contributed by atoms with Gasteiger partial charge in [0.05, 0.1) is 5.69 Å². The lowest BCUT2D eigenvalue weighted by Crippen LogP contribution is -2.38. The molecule has 2 N–H and O–H groups in total. The van der Waals surface area contributed by atoms with Gasteiger partial charge < -0.3 is 15.2 Å². The van der Waals surface area contributed by atoms with Crippen LogP contribution in [0.4, 0.5) is 5.82 Å². The van der Waals surface area contributed by atoms with Gasteiger partial charge in [0.2, 0.25) is 5.91 Å². The molecule has 1 aliphatic rings. The lowest BCUT2D eigenvalue weighted by atomic mass is 10.0. The molecular formula is C20H24Cl2N4O2. The second-order valence-electron chi connectivity index (χ2n) is 7.19. The first-order valence-electron chi connectivity index (χ1n) is 9.28. The molecule has 1 atom stereocenters. The summed E-state index contributed by atoms with van der Waals surface area (Å²) < 4.78 is 1.47. The predicted molar refractivity (Wildman–Crippen MR) is 115 cm³/mol.